The van der Waals surface area contributed by atoms with E-state index >= 15 is 0 Å². The summed E-state index contributed by atoms with van der Waals surface area (Å²) >= 11 is 12.3. The van der Waals surface area contributed by atoms with Crippen molar-refractivity contribution in [2.75, 3.05) is 7.11 Å². The molecule has 4 aromatic rings. The van der Waals surface area contributed by atoms with Gasteiger partial charge in [0.1, 0.15) is 11.5 Å². The predicted octanol–water partition coefficient (Wildman–Crippen LogP) is 4.41. The van der Waals surface area contributed by atoms with E-state index in [4.69, 9.17) is 27.9 Å². The lowest BCUT2D eigenvalue weighted by atomic mass is 10.1. The Morgan fingerprint density at radius 1 is 0.893 bits per heavy atom. The van der Waals surface area contributed by atoms with Gasteiger partial charge in [0.15, 0.2) is 5.82 Å². The van der Waals surface area contributed by atoms with Crippen LogP contribution in [0.25, 0.3) is 28.5 Å². The topological polar surface area (TPSA) is 78.6 Å². The Kier molecular flexibility index (Phi) is 4.93. The standard InChI is InChI=1S/C19H14Cl2N6O/c1-11-25-26-19(27(11)13-4-6-18(28-2)24-8-13)17-10-22-16(9-23-17)14-7-12(20)3-5-15(14)21/h3-10H,1-2H3. The van der Waals surface area contributed by atoms with E-state index in [0.29, 0.717) is 44.5 Å². The van der Waals surface area contributed by atoms with E-state index in [2.05, 4.69) is 25.1 Å². The van der Waals surface area contributed by atoms with E-state index in [1.54, 1.807) is 50.0 Å². The zero-order valence-electron chi connectivity index (χ0n) is 15.0. The highest BCUT2D eigenvalue weighted by atomic mass is 35.5. The molecule has 28 heavy (non-hydrogen) atoms. The number of hydrogen-bond acceptors (Lipinski definition) is 6. The van der Waals surface area contributed by atoms with Crippen LogP contribution in [0.5, 0.6) is 5.88 Å². The van der Waals surface area contributed by atoms with E-state index < -0.39 is 0 Å². The van der Waals surface area contributed by atoms with Crippen LogP contribution >= 0.6 is 23.2 Å². The first-order valence-corrected chi connectivity index (χ1v) is 9.02. The maximum absolute atomic E-state index is 6.25. The normalized spacial score (nSPS) is 10.9. The minimum atomic E-state index is 0.526. The molecule has 0 bridgehead atoms. The molecule has 140 valence electrons. The summed E-state index contributed by atoms with van der Waals surface area (Å²) in [5, 5.41) is 9.54. The molecule has 0 atom stereocenters. The summed E-state index contributed by atoms with van der Waals surface area (Å²) in [5.74, 6) is 1.78. The lowest BCUT2D eigenvalue weighted by Crippen LogP contribution is -2.02. The zero-order chi connectivity index (χ0) is 19.7. The van der Waals surface area contributed by atoms with E-state index in [0.717, 1.165) is 5.69 Å². The molecule has 0 amide bonds. The highest BCUT2D eigenvalue weighted by Crippen LogP contribution is 2.29. The first-order chi connectivity index (χ1) is 13.6. The third-order valence-electron chi connectivity index (χ3n) is 4.10. The van der Waals surface area contributed by atoms with Crippen molar-refractivity contribution in [1.82, 2.24) is 29.7 Å². The molecular formula is C19H14Cl2N6O. The van der Waals surface area contributed by atoms with Gasteiger partial charge in [0.2, 0.25) is 5.88 Å². The average Bonchev–Trinajstić information content (AvgIpc) is 3.11. The van der Waals surface area contributed by atoms with Crippen molar-refractivity contribution in [3.05, 3.63) is 64.8 Å². The third-order valence-corrected chi connectivity index (χ3v) is 4.66. The first-order valence-electron chi connectivity index (χ1n) is 8.27. The molecule has 0 aliphatic carbocycles. The van der Waals surface area contributed by atoms with Gasteiger partial charge < -0.3 is 4.74 Å². The van der Waals surface area contributed by atoms with Gasteiger partial charge in [0.25, 0.3) is 0 Å². The summed E-state index contributed by atoms with van der Waals surface area (Å²) < 4.78 is 6.96. The number of aromatic nitrogens is 6. The van der Waals surface area contributed by atoms with Gasteiger partial charge in [-0.1, -0.05) is 23.2 Å². The Balaban J connectivity index is 1.73. The Bertz CT molecular complexity index is 1130. The molecule has 0 radical (unpaired) electrons. The van der Waals surface area contributed by atoms with Gasteiger partial charge in [-0.2, -0.15) is 0 Å². The molecule has 0 N–H and O–H groups in total. The van der Waals surface area contributed by atoms with Crippen molar-refractivity contribution in [2.45, 2.75) is 6.92 Å². The van der Waals surface area contributed by atoms with Gasteiger partial charge in [-0.15, -0.1) is 10.2 Å². The Hall–Kier alpha value is -3.03. The molecule has 7 nitrogen and oxygen atoms in total. The van der Waals surface area contributed by atoms with E-state index in [1.165, 1.54) is 0 Å². The van der Waals surface area contributed by atoms with Crippen molar-refractivity contribution < 1.29 is 4.74 Å². The van der Waals surface area contributed by atoms with Gasteiger partial charge in [-0.05, 0) is 31.2 Å². The molecule has 0 aliphatic heterocycles. The molecule has 0 saturated heterocycles. The lowest BCUT2D eigenvalue weighted by molar-refractivity contribution is 0.398. The minimum absolute atomic E-state index is 0.526. The fourth-order valence-electron chi connectivity index (χ4n) is 2.74. The molecular weight excluding hydrogens is 399 g/mol. The lowest BCUT2D eigenvalue weighted by Gasteiger charge is -2.09. The summed E-state index contributed by atoms with van der Waals surface area (Å²) in [5.41, 5.74) is 2.69. The van der Waals surface area contributed by atoms with Gasteiger partial charge in [-0.25, -0.2) is 9.97 Å². The highest BCUT2D eigenvalue weighted by molar-refractivity contribution is 6.35. The number of aryl methyl sites for hydroxylation is 1. The van der Waals surface area contributed by atoms with E-state index in [1.807, 2.05) is 17.6 Å². The van der Waals surface area contributed by atoms with E-state index in [9.17, 15) is 0 Å². The monoisotopic (exact) mass is 412 g/mol. The van der Waals surface area contributed by atoms with Crippen LogP contribution in [0, 0.1) is 6.92 Å². The second-order valence-corrected chi connectivity index (χ2v) is 6.72. The second kappa shape index (κ2) is 7.53. The number of rotatable bonds is 4. The summed E-state index contributed by atoms with van der Waals surface area (Å²) in [6, 6.07) is 8.85. The maximum Gasteiger partial charge on any atom is 0.213 e. The van der Waals surface area contributed by atoms with Gasteiger partial charge in [-0.3, -0.25) is 9.55 Å². The van der Waals surface area contributed by atoms with Gasteiger partial charge >= 0.3 is 0 Å². The molecule has 4 rings (SSSR count). The molecule has 0 spiro atoms. The SMILES string of the molecule is COc1ccc(-n2c(C)nnc2-c2cnc(-c3cc(Cl)ccc3Cl)cn2)cn1. The number of benzene rings is 1. The van der Waals surface area contributed by atoms with Crippen LogP contribution in [0.2, 0.25) is 10.0 Å². The molecule has 3 heterocycles. The molecule has 0 aliphatic rings. The molecule has 0 fully saturated rings. The van der Waals surface area contributed by atoms with Crippen molar-refractivity contribution in [1.29, 1.82) is 0 Å². The summed E-state index contributed by atoms with van der Waals surface area (Å²) in [4.78, 5) is 13.2. The van der Waals surface area contributed by atoms with E-state index in [-0.39, 0.29) is 0 Å². The number of hydrogen-bond donors (Lipinski definition) is 0. The summed E-state index contributed by atoms with van der Waals surface area (Å²) in [6.07, 6.45) is 4.95. The van der Waals surface area contributed by atoms with Gasteiger partial charge in [0.05, 0.1) is 42.1 Å². The third kappa shape index (κ3) is 3.42. The molecule has 0 saturated carbocycles. The largest absolute Gasteiger partial charge is 0.481 e. The number of pyridine rings is 1. The maximum atomic E-state index is 6.25. The Morgan fingerprint density at radius 2 is 1.68 bits per heavy atom. The number of halogens is 2. The zero-order valence-corrected chi connectivity index (χ0v) is 16.5. The van der Waals surface area contributed by atoms with Crippen molar-refractivity contribution in [3.8, 4) is 34.3 Å². The highest BCUT2D eigenvalue weighted by Gasteiger charge is 2.16. The first kappa shape index (κ1) is 18.3. The van der Waals surface area contributed by atoms with Crippen LogP contribution in [-0.4, -0.2) is 36.8 Å². The van der Waals surface area contributed by atoms with Gasteiger partial charge in [0, 0.05) is 16.7 Å². The van der Waals surface area contributed by atoms with Crippen LogP contribution in [0.1, 0.15) is 5.82 Å². The Labute approximate surface area is 171 Å². The second-order valence-electron chi connectivity index (χ2n) is 5.88. The molecule has 3 aromatic heterocycles. The van der Waals surface area contributed by atoms with Crippen LogP contribution < -0.4 is 4.74 Å². The predicted molar refractivity (Wildman–Crippen MR) is 107 cm³/mol. The molecule has 0 unspecified atom stereocenters. The Morgan fingerprint density at radius 3 is 2.36 bits per heavy atom. The average molecular weight is 413 g/mol. The summed E-state index contributed by atoms with van der Waals surface area (Å²) in [6.45, 7) is 1.86. The fraction of sp³-hybridized carbons (Fsp3) is 0.105. The van der Waals surface area contributed by atoms with Crippen LogP contribution in [0.3, 0.4) is 0 Å². The molecule has 9 heteroatoms. The van der Waals surface area contributed by atoms with Crippen molar-refractivity contribution in [3.63, 3.8) is 0 Å². The number of methoxy groups -OCH3 is 1. The fourth-order valence-corrected chi connectivity index (χ4v) is 3.13. The van der Waals surface area contributed by atoms with Crippen molar-refractivity contribution in [2.24, 2.45) is 0 Å². The van der Waals surface area contributed by atoms with Crippen LogP contribution in [0.15, 0.2) is 48.9 Å². The summed E-state index contributed by atoms with van der Waals surface area (Å²) in [7, 11) is 1.57. The van der Waals surface area contributed by atoms with Crippen LogP contribution in [-0.2, 0) is 0 Å². The minimum Gasteiger partial charge on any atom is -0.481 e. The number of ether oxygens (including phenoxy) is 1. The smallest absolute Gasteiger partial charge is 0.213 e. The quantitative estimate of drug-likeness (QED) is 0.493. The van der Waals surface area contributed by atoms with Crippen molar-refractivity contribution >= 4 is 23.2 Å². The molecule has 1 aromatic carbocycles. The van der Waals surface area contributed by atoms with Crippen LogP contribution in [0.4, 0.5) is 0 Å². The number of nitrogens with zero attached hydrogens (tertiary/aromatic N) is 6.